The minimum absolute atomic E-state index is 0.417. The maximum absolute atomic E-state index is 9.75. The minimum atomic E-state index is 0.417. The molecule has 0 atom stereocenters. The van der Waals surface area contributed by atoms with Gasteiger partial charge in [0, 0.05) is 6.07 Å². The van der Waals surface area contributed by atoms with Gasteiger partial charge >= 0.3 is 0 Å². The van der Waals surface area contributed by atoms with E-state index in [1.165, 1.54) is 0 Å². The van der Waals surface area contributed by atoms with Crippen molar-refractivity contribution in [1.29, 1.82) is 5.26 Å². The van der Waals surface area contributed by atoms with Crippen LogP contribution in [0.5, 0.6) is 17.2 Å². The Morgan fingerprint density at radius 3 is 2.62 bits per heavy atom. The van der Waals surface area contributed by atoms with E-state index in [0.717, 1.165) is 27.9 Å². The molecule has 4 aromatic rings. The van der Waals surface area contributed by atoms with Crippen molar-refractivity contribution >= 4 is 22.7 Å². The molecule has 160 valence electrons. The number of hydrogen-bond donors (Lipinski definition) is 1. The monoisotopic (exact) mass is 425 g/mol. The first-order chi connectivity index (χ1) is 15.7. The molecule has 0 saturated heterocycles. The highest BCUT2D eigenvalue weighted by molar-refractivity contribution is 5.90. The van der Waals surface area contributed by atoms with E-state index in [4.69, 9.17) is 14.2 Å². The summed E-state index contributed by atoms with van der Waals surface area (Å²) in [4.78, 5) is 7.73. The van der Waals surface area contributed by atoms with Crippen LogP contribution < -0.4 is 14.2 Å². The van der Waals surface area contributed by atoms with Crippen molar-refractivity contribution < 1.29 is 14.2 Å². The van der Waals surface area contributed by atoms with Gasteiger partial charge in [0.15, 0.2) is 11.5 Å². The van der Waals surface area contributed by atoms with Gasteiger partial charge < -0.3 is 19.2 Å². The Hall–Kier alpha value is -4.24. The molecule has 0 fully saturated rings. The highest BCUT2D eigenvalue weighted by Crippen LogP contribution is 2.31. The zero-order valence-electron chi connectivity index (χ0n) is 18.0. The first-order valence-electron chi connectivity index (χ1n) is 10.3. The molecule has 6 heteroatoms. The molecule has 1 N–H and O–H groups in total. The van der Waals surface area contributed by atoms with Crippen LogP contribution in [0.1, 0.15) is 23.9 Å². The standard InChI is InChI=1S/C26H23N3O3/c1-3-31-25-14-19(9-12-24(25)32-17-18-7-5-4-6-8-18)13-20(16-27)26-28-22-11-10-21(30-2)15-23(22)29-26/h4-15H,3,17H2,1-2H3,(H,28,29)/b20-13-. The Balaban J connectivity index is 1.61. The van der Waals surface area contributed by atoms with E-state index >= 15 is 0 Å². The Morgan fingerprint density at radius 2 is 1.88 bits per heavy atom. The number of aromatic nitrogens is 2. The number of ether oxygens (including phenoxy) is 3. The molecule has 0 aliphatic carbocycles. The van der Waals surface area contributed by atoms with Gasteiger partial charge in [0.1, 0.15) is 24.3 Å². The molecule has 6 nitrogen and oxygen atoms in total. The molecule has 0 aliphatic rings. The predicted octanol–water partition coefficient (Wildman–Crippen LogP) is 5.61. The number of imidazole rings is 1. The lowest BCUT2D eigenvalue weighted by Crippen LogP contribution is -2.00. The third kappa shape index (κ3) is 4.73. The predicted molar refractivity (Wildman–Crippen MR) is 125 cm³/mol. The van der Waals surface area contributed by atoms with Crippen LogP contribution in [-0.4, -0.2) is 23.7 Å². The van der Waals surface area contributed by atoms with Crippen LogP contribution in [0.4, 0.5) is 0 Å². The minimum Gasteiger partial charge on any atom is -0.497 e. The summed E-state index contributed by atoms with van der Waals surface area (Å²) in [6.07, 6.45) is 1.78. The van der Waals surface area contributed by atoms with Crippen LogP contribution in [0.3, 0.4) is 0 Å². The number of aromatic amines is 1. The van der Waals surface area contributed by atoms with Gasteiger partial charge in [0.2, 0.25) is 0 Å². The number of rotatable bonds is 8. The number of allylic oxidation sites excluding steroid dienone is 1. The molecular formula is C26H23N3O3. The van der Waals surface area contributed by atoms with Crippen molar-refractivity contribution in [3.63, 3.8) is 0 Å². The number of hydrogen-bond acceptors (Lipinski definition) is 5. The Morgan fingerprint density at radius 1 is 1.03 bits per heavy atom. The van der Waals surface area contributed by atoms with E-state index < -0.39 is 0 Å². The fraction of sp³-hybridized carbons (Fsp3) is 0.154. The summed E-state index contributed by atoms with van der Waals surface area (Å²) < 4.78 is 17.0. The van der Waals surface area contributed by atoms with Crippen molar-refractivity contribution in [2.75, 3.05) is 13.7 Å². The molecule has 0 aliphatic heterocycles. The summed E-state index contributed by atoms with van der Waals surface area (Å²) in [5.41, 5.74) is 3.88. The molecule has 32 heavy (non-hydrogen) atoms. The van der Waals surface area contributed by atoms with Gasteiger partial charge in [-0.3, -0.25) is 0 Å². The zero-order chi connectivity index (χ0) is 22.3. The van der Waals surface area contributed by atoms with Crippen LogP contribution in [-0.2, 0) is 6.61 Å². The summed E-state index contributed by atoms with van der Waals surface area (Å²) >= 11 is 0. The molecule has 1 heterocycles. The average Bonchev–Trinajstić information content (AvgIpc) is 3.26. The van der Waals surface area contributed by atoms with Gasteiger partial charge in [-0.2, -0.15) is 5.26 Å². The molecule has 4 rings (SSSR count). The molecule has 0 unspecified atom stereocenters. The van der Waals surface area contributed by atoms with E-state index in [0.29, 0.717) is 36.1 Å². The van der Waals surface area contributed by atoms with Crippen LogP contribution in [0.2, 0.25) is 0 Å². The number of nitrogens with zero attached hydrogens (tertiary/aromatic N) is 2. The van der Waals surface area contributed by atoms with Crippen LogP contribution >= 0.6 is 0 Å². The smallest absolute Gasteiger partial charge is 0.161 e. The lowest BCUT2D eigenvalue weighted by molar-refractivity contribution is 0.269. The molecular weight excluding hydrogens is 402 g/mol. The van der Waals surface area contributed by atoms with Crippen molar-refractivity contribution in [3.05, 3.63) is 83.7 Å². The number of fused-ring (bicyclic) bond motifs is 1. The number of benzene rings is 3. The van der Waals surface area contributed by atoms with Gasteiger partial charge in [-0.25, -0.2) is 4.98 Å². The first kappa shape index (κ1) is 21.0. The topological polar surface area (TPSA) is 80.2 Å². The lowest BCUT2D eigenvalue weighted by atomic mass is 10.1. The number of nitriles is 1. The quantitative estimate of drug-likeness (QED) is 0.371. The largest absolute Gasteiger partial charge is 0.497 e. The fourth-order valence-electron chi connectivity index (χ4n) is 3.30. The second-order valence-corrected chi connectivity index (χ2v) is 7.05. The van der Waals surface area contributed by atoms with Crippen molar-refractivity contribution in [2.45, 2.75) is 13.5 Å². The van der Waals surface area contributed by atoms with Gasteiger partial charge in [-0.1, -0.05) is 36.4 Å². The first-order valence-corrected chi connectivity index (χ1v) is 10.3. The molecule has 0 saturated carbocycles. The third-order valence-electron chi connectivity index (χ3n) is 4.88. The summed E-state index contributed by atoms with van der Waals surface area (Å²) in [6, 6.07) is 23.4. The lowest BCUT2D eigenvalue weighted by Gasteiger charge is -2.13. The van der Waals surface area contributed by atoms with Crippen LogP contribution in [0.15, 0.2) is 66.7 Å². The van der Waals surface area contributed by atoms with E-state index in [9.17, 15) is 5.26 Å². The van der Waals surface area contributed by atoms with Crippen molar-refractivity contribution in [2.24, 2.45) is 0 Å². The second-order valence-electron chi connectivity index (χ2n) is 7.05. The molecule has 0 radical (unpaired) electrons. The van der Waals surface area contributed by atoms with E-state index in [1.807, 2.05) is 73.7 Å². The maximum atomic E-state index is 9.75. The number of nitrogens with one attached hydrogen (secondary N) is 1. The van der Waals surface area contributed by atoms with Gasteiger partial charge in [-0.15, -0.1) is 0 Å². The third-order valence-corrected chi connectivity index (χ3v) is 4.88. The molecule has 0 spiro atoms. The summed E-state index contributed by atoms with van der Waals surface area (Å²) in [6.45, 7) is 2.88. The molecule has 0 bridgehead atoms. The van der Waals surface area contributed by atoms with Crippen LogP contribution in [0.25, 0.3) is 22.7 Å². The van der Waals surface area contributed by atoms with E-state index in [-0.39, 0.29) is 0 Å². The molecule has 3 aromatic carbocycles. The summed E-state index contributed by atoms with van der Waals surface area (Å²) in [7, 11) is 1.61. The highest BCUT2D eigenvalue weighted by Gasteiger charge is 2.11. The zero-order valence-corrected chi connectivity index (χ0v) is 18.0. The summed E-state index contributed by atoms with van der Waals surface area (Å²) in [5, 5.41) is 9.75. The average molecular weight is 425 g/mol. The highest BCUT2D eigenvalue weighted by atomic mass is 16.5. The van der Waals surface area contributed by atoms with Gasteiger partial charge in [-0.05, 0) is 48.4 Å². The van der Waals surface area contributed by atoms with E-state index in [1.54, 1.807) is 13.2 Å². The normalized spacial score (nSPS) is 11.2. The van der Waals surface area contributed by atoms with Crippen molar-refractivity contribution in [3.8, 4) is 23.3 Å². The van der Waals surface area contributed by atoms with Crippen LogP contribution in [0, 0.1) is 11.3 Å². The Bertz CT molecular complexity index is 1290. The second kappa shape index (κ2) is 9.71. The number of H-pyrrole nitrogens is 1. The maximum Gasteiger partial charge on any atom is 0.161 e. The Labute approximate surface area is 186 Å². The van der Waals surface area contributed by atoms with E-state index in [2.05, 4.69) is 16.0 Å². The molecule has 1 aromatic heterocycles. The fourth-order valence-corrected chi connectivity index (χ4v) is 3.30. The molecule has 0 amide bonds. The van der Waals surface area contributed by atoms with Gasteiger partial charge in [0.05, 0.1) is 30.3 Å². The summed E-state index contributed by atoms with van der Waals surface area (Å²) in [5.74, 6) is 2.51. The van der Waals surface area contributed by atoms with Gasteiger partial charge in [0.25, 0.3) is 0 Å². The SMILES string of the molecule is CCOc1cc(/C=C(/C#N)c2nc3ccc(OC)cc3[nH]2)ccc1OCc1ccccc1. The van der Waals surface area contributed by atoms with Crippen molar-refractivity contribution in [1.82, 2.24) is 9.97 Å². The number of methoxy groups -OCH3 is 1. The Kier molecular flexibility index (Phi) is 6.38.